The van der Waals surface area contributed by atoms with Crippen LogP contribution < -0.4 is 5.32 Å². The van der Waals surface area contributed by atoms with Crippen molar-refractivity contribution < 1.29 is 19.1 Å². The zero-order chi connectivity index (χ0) is 13.8. The Hall–Kier alpha value is -2.11. The molecular weight excluding hydrogens is 251 g/mol. The maximum atomic E-state index is 13.4. The summed E-state index contributed by atoms with van der Waals surface area (Å²) in [6.45, 7) is 0.372. The van der Waals surface area contributed by atoms with Gasteiger partial charge in [-0.3, -0.25) is 0 Å². The number of carbonyl (C=O) groups is 2. The molecule has 0 spiro atoms. The first-order valence-corrected chi connectivity index (χ1v) is 6.14. The molecule has 2 N–H and O–H groups in total. The Morgan fingerprint density at radius 1 is 1.32 bits per heavy atom. The quantitative estimate of drug-likeness (QED) is 0.862. The Bertz CT molecular complexity index is 493. The number of benzene rings is 1. The summed E-state index contributed by atoms with van der Waals surface area (Å²) in [5, 5.41) is 11.5. The van der Waals surface area contributed by atoms with Crippen molar-refractivity contribution in [2.45, 2.75) is 25.3 Å². The van der Waals surface area contributed by atoms with E-state index in [1.807, 2.05) is 0 Å². The predicted molar refractivity (Wildman–Crippen MR) is 67.4 cm³/mol. The molecule has 1 aliphatic rings. The van der Waals surface area contributed by atoms with Gasteiger partial charge in [-0.05, 0) is 31.4 Å². The number of aliphatic carboxylic acids is 1. The summed E-state index contributed by atoms with van der Waals surface area (Å²) in [4.78, 5) is 24.4. The van der Waals surface area contributed by atoms with Gasteiger partial charge in [0.15, 0.2) is 0 Å². The average Bonchev–Trinajstić information content (AvgIpc) is 2.41. The number of para-hydroxylation sites is 1. The molecule has 1 atom stereocenters. The molecule has 1 saturated heterocycles. The first kappa shape index (κ1) is 13.3. The minimum Gasteiger partial charge on any atom is -0.480 e. The molecule has 0 unspecified atom stereocenters. The van der Waals surface area contributed by atoms with Gasteiger partial charge in [-0.2, -0.15) is 0 Å². The van der Waals surface area contributed by atoms with Crippen molar-refractivity contribution >= 4 is 17.7 Å². The van der Waals surface area contributed by atoms with E-state index in [4.69, 9.17) is 5.11 Å². The van der Waals surface area contributed by atoms with Crippen LogP contribution in [0.2, 0.25) is 0 Å². The van der Waals surface area contributed by atoms with Gasteiger partial charge < -0.3 is 15.3 Å². The van der Waals surface area contributed by atoms with Gasteiger partial charge in [-0.25, -0.2) is 14.0 Å². The highest BCUT2D eigenvalue weighted by atomic mass is 19.1. The van der Waals surface area contributed by atoms with Crippen molar-refractivity contribution in [3.63, 3.8) is 0 Å². The lowest BCUT2D eigenvalue weighted by Crippen LogP contribution is -2.49. The van der Waals surface area contributed by atoms with E-state index in [0.29, 0.717) is 13.0 Å². The SMILES string of the molecule is O=C(O)[C@@H]1CCCCN1C(=O)Nc1ccccc1F. The number of carboxylic acid groups (broad SMARTS) is 1. The third kappa shape index (κ3) is 3.01. The molecule has 6 heteroatoms. The topological polar surface area (TPSA) is 69.6 Å². The minimum absolute atomic E-state index is 0.0576. The summed E-state index contributed by atoms with van der Waals surface area (Å²) >= 11 is 0. The molecule has 1 fully saturated rings. The van der Waals surface area contributed by atoms with Crippen LogP contribution in [0.3, 0.4) is 0 Å². The predicted octanol–water partition coefficient (Wildman–Crippen LogP) is 2.30. The Kier molecular flexibility index (Phi) is 3.99. The molecule has 1 aromatic rings. The zero-order valence-electron chi connectivity index (χ0n) is 10.3. The molecule has 2 amide bonds. The molecule has 0 radical (unpaired) electrons. The van der Waals surface area contributed by atoms with Crippen molar-refractivity contribution in [3.05, 3.63) is 30.1 Å². The Morgan fingerprint density at radius 3 is 2.74 bits per heavy atom. The maximum Gasteiger partial charge on any atom is 0.326 e. The average molecular weight is 266 g/mol. The summed E-state index contributed by atoms with van der Waals surface area (Å²) in [5.74, 6) is -1.57. The standard InChI is InChI=1S/C13H15FN2O3/c14-9-5-1-2-6-10(9)15-13(19)16-8-4-3-7-11(16)12(17)18/h1-2,5-6,11H,3-4,7-8H2,(H,15,19)(H,17,18)/t11-/m0/s1. The van der Waals surface area contributed by atoms with Crippen molar-refractivity contribution in [2.24, 2.45) is 0 Å². The van der Waals surface area contributed by atoms with Gasteiger partial charge in [-0.15, -0.1) is 0 Å². The van der Waals surface area contributed by atoms with E-state index in [1.165, 1.54) is 23.1 Å². The molecule has 102 valence electrons. The zero-order valence-corrected chi connectivity index (χ0v) is 10.3. The summed E-state index contributed by atoms with van der Waals surface area (Å²) in [7, 11) is 0. The van der Waals surface area contributed by atoms with Gasteiger partial charge in [0.2, 0.25) is 0 Å². The highest BCUT2D eigenvalue weighted by Crippen LogP contribution is 2.20. The number of likely N-dealkylation sites (tertiary alicyclic amines) is 1. The number of halogens is 1. The number of rotatable bonds is 2. The Labute approximate surface area is 110 Å². The van der Waals surface area contributed by atoms with Crippen LogP contribution in [0.25, 0.3) is 0 Å². The number of amides is 2. The lowest BCUT2D eigenvalue weighted by molar-refractivity contribution is -0.143. The van der Waals surface area contributed by atoms with Crippen molar-refractivity contribution in [2.75, 3.05) is 11.9 Å². The normalized spacial score (nSPS) is 19.0. The molecule has 0 saturated carbocycles. The van der Waals surface area contributed by atoms with Crippen LogP contribution in [0.15, 0.2) is 24.3 Å². The fraction of sp³-hybridized carbons (Fsp3) is 0.385. The Morgan fingerprint density at radius 2 is 2.05 bits per heavy atom. The van der Waals surface area contributed by atoms with Crippen LogP contribution in [-0.4, -0.2) is 34.6 Å². The summed E-state index contributed by atoms with van der Waals surface area (Å²) in [5.41, 5.74) is 0.0576. The fourth-order valence-corrected chi connectivity index (χ4v) is 2.18. The second-order valence-corrected chi connectivity index (χ2v) is 4.45. The van der Waals surface area contributed by atoms with E-state index in [0.717, 1.165) is 12.8 Å². The highest BCUT2D eigenvalue weighted by Gasteiger charge is 2.32. The number of anilines is 1. The van der Waals surface area contributed by atoms with Crippen LogP contribution in [0.1, 0.15) is 19.3 Å². The third-order valence-electron chi connectivity index (χ3n) is 3.16. The molecule has 2 rings (SSSR count). The lowest BCUT2D eigenvalue weighted by Gasteiger charge is -2.32. The summed E-state index contributed by atoms with van der Waals surface area (Å²) < 4.78 is 13.4. The minimum atomic E-state index is -1.02. The number of carbonyl (C=O) groups excluding carboxylic acids is 1. The molecule has 1 aliphatic heterocycles. The molecule has 5 nitrogen and oxygen atoms in total. The van der Waals surface area contributed by atoms with Gasteiger partial charge in [0, 0.05) is 6.54 Å². The van der Waals surface area contributed by atoms with E-state index in [1.54, 1.807) is 6.07 Å². The van der Waals surface area contributed by atoms with E-state index < -0.39 is 23.9 Å². The highest BCUT2D eigenvalue weighted by molar-refractivity contribution is 5.92. The molecule has 0 aliphatic carbocycles. The largest absolute Gasteiger partial charge is 0.480 e. The molecular formula is C13H15FN2O3. The summed E-state index contributed by atoms with van der Waals surface area (Å²) in [6.07, 6.45) is 1.97. The van der Waals surface area contributed by atoms with Gasteiger partial charge in [0.05, 0.1) is 5.69 Å². The smallest absolute Gasteiger partial charge is 0.326 e. The third-order valence-corrected chi connectivity index (χ3v) is 3.16. The second-order valence-electron chi connectivity index (χ2n) is 4.45. The van der Waals surface area contributed by atoms with Gasteiger partial charge >= 0.3 is 12.0 Å². The van der Waals surface area contributed by atoms with Crippen LogP contribution in [0.5, 0.6) is 0 Å². The maximum absolute atomic E-state index is 13.4. The molecule has 19 heavy (non-hydrogen) atoms. The number of urea groups is 1. The van der Waals surface area contributed by atoms with Crippen molar-refractivity contribution in [3.8, 4) is 0 Å². The second kappa shape index (κ2) is 5.69. The number of nitrogens with one attached hydrogen (secondary N) is 1. The van der Waals surface area contributed by atoms with Gasteiger partial charge in [-0.1, -0.05) is 12.1 Å². The number of hydrogen-bond donors (Lipinski definition) is 2. The van der Waals surface area contributed by atoms with Crippen LogP contribution in [-0.2, 0) is 4.79 Å². The fourth-order valence-electron chi connectivity index (χ4n) is 2.18. The van der Waals surface area contributed by atoms with Crippen molar-refractivity contribution in [1.82, 2.24) is 4.90 Å². The monoisotopic (exact) mass is 266 g/mol. The van der Waals surface area contributed by atoms with Gasteiger partial charge in [0.25, 0.3) is 0 Å². The molecule has 1 heterocycles. The first-order chi connectivity index (χ1) is 9.09. The number of carboxylic acids is 1. The van der Waals surface area contributed by atoms with Crippen LogP contribution in [0.4, 0.5) is 14.9 Å². The van der Waals surface area contributed by atoms with E-state index in [2.05, 4.69) is 5.32 Å². The van der Waals surface area contributed by atoms with E-state index in [-0.39, 0.29) is 5.69 Å². The number of nitrogens with zero attached hydrogens (tertiary/aromatic N) is 1. The van der Waals surface area contributed by atoms with E-state index >= 15 is 0 Å². The molecule has 1 aromatic carbocycles. The first-order valence-electron chi connectivity index (χ1n) is 6.14. The lowest BCUT2D eigenvalue weighted by atomic mass is 10.0. The van der Waals surface area contributed by atoms with Crippen molar-refractivity contribution in [1.29, 1.82) is 0 Å². The number of hydrogen-bond acceptors (Lipinski definition) is 2. The van der Waals surface area contributed by atoms with E-state index in [9.17, 15) is 14.0 Å². The van der Waals surface area contributed by atoms with Crippen LogP contribution >= 0.6 is 0 Å². The Balaban J connectivity index is 2.10. The number of piperidine rings is 1. The van der Waals surface area contributed by atoms with Gasteiger partial charge in [0.1, 0.15) is 11.9 Å². The molecule has 0 aromatic heterocycles. The molecule has 0 bridgehead atoms. The van der Waals surface area contributed by atoms with Crippen LogP contribution in [0, 0.1) is 5.82 Å². The summed E-state index contributed by atoms with van der Waals surface area (Å²) in [6, 6.07) is 4.39.